The van der Waals surface area contributed by atoms with Crippen LogP contribution < -0.4 is 4.57 Å². The summed E-state index contributed by atoms with van der Waals surface area (Å²) in [6.07, 6.45) is 0. The Bertz CT molecular complexity index is 1940. The van der Waals surface area contributed by atoms with Gasteiger partial charge in [0.15, 0.2) is 11.0 Å². The van der Waals surface area contributed by atoms with Crippen molar-refractivity contribution in [3.8, 4) is 34.3 Å². The van der Waals surface area contributed by atoms with E-state index in [4.69, 9.17) is 0 Å². The minimum absolute atomic E-state index is 0.290. The third kappa shape index (κ3) is 4.41. The van der Waals surface area contributed by atoms with Gasteiger partial charge in [0.1, 0.15) is 5.69 Å². The molecule has 0 saturated heterocycles. The molecule has 3 heteroatoms. The molecule has 0 aliphatic carbocycles. The maximum atomic E-state index is 9.90. The van der Waals surface area contributed by atoms with Gasteiger partial charge in [-0.1, -0.05) is 88.4 Å². The summed E-state index contributed by atoms with van der Waals surface area (Å²) < 4.78 is 4.74. The van der Waals surface area contributed by atoms with Gasteiger partial charge in [0, 0.05) is 17.2 Å². The SMILES string of the molecule is Cc1c(-c2n(-c3c(C(C)C)cc(-c4ccccc4)cc3C(C)C)c3cc(C#N)ccc3[n+]2C)ccc2ccccc12. The monoisotopic (exact) mass is 534 g/mol. The van der Waals surface area contributed by atoms with Gasteiger partial charge in [-0.15, -0.1) is 0 Å². The number of benzene rings is 5. The Labute approximate surface area is 242 Å². The van der Waals surface area contributed by atoms with Crippen LogP contribution in [-0.2, 0) is 7.05 Å². The van der Waals surface area contributed by atoms with Crippen molar-refractivity contribution >= 4 is 21.8 Å². The second-order valence-electron chi connectivity index (χ2n) is 11.7. The van der Waals surface area contributed by atoms with Gasteiger partial charge < -0.3 is 0 Å². The van der Waals surface area contributed by atoms with Gasteiger partial charge in [-0.3, -0.25) is 0 Å². The van der Waals surface area contributed by atoms with Crippen molar-refractivity contribution in [1.82, 2.24) is 4.57 Å². The van der Waals surface area contributed by atoms with E-state index in [0.29, 0.717) is 17.4 Å². The Morgan fingerprint density at radius 3 is 2.05 bits per heavy atom. The number of nitrogens with zero attached hydrogens (tertiary/aromatic N) is 3. The zero-order valence-corrected chi connectivity index (χ0v) is 24.7. The average Bonchev–Trinajstić information content (AvgIpc) is 3.27. The third-order valence-corrected chi connectivity index (χ3v) is 8.42. The van der Waals surface area contributed by atoms with Gasteiger partial charge in [-0.25, -0.2) is 4.57 Å². The third-order valence-electron chi connectivity index (χ3n) is 8.42. The summed E-state index contributed by atoms with van der Waals surface area (Å²) in [7, 11) is 2.15. The molecule has 0 spiro atoms. The van der Waals surface area contributed by atoms with E-state index in [2.05, 4.69) is 148 Å². The van der Waals surface area contributed by atoms with Crippen LogP contribution in [0.25, 0.3) is 50.0 Å². The molecule has 3 nitrogen and oxygen atoms in total. The van der Waals surface area contributed by atoms with E-state index in [-0.39, 0.29) is 0 Å². The van der Waals surface area contributed by atoms with Crippen LogP contribution in [0.15, 0.2) is 97.1 Å². The molecule has 1 heterocycles. The largest absolute Gasteiger partial charge is 0.295 e. The molecule has 41 heavy (non-hydrogen) atoms. The maximum Gasteiger partial charge on any atom is 0.295 e. The molecule has 202 valence electrons. The average molecular weight is 535 g/mol. The summed E-state index contributed by atoms with van der Waals surface area (Å²) >= 11 is 0. The molecule has 0 aliphatic heterocycles. The van der Waals surface area contributed by atoms with Gasteiger partial charge in [-0.05, 0) is 76.6 Å². The molecule has 0 aliphatic rings. The minimum atomic E-state index is 0.290. The quantitative estimate of drug-likeness (QED) is 0.203. The number of aryl methyl sites for hydroxylation is 2. The van der Waals surface area contributed by atoms with Crippen LogP contribution in [0.1, 0.15) is 61.8 Å². The highest BCUT2D eigenvalue weighted by molar-refractivity contribution is 5.92. The molecule has 0 N–H and O–H groups in total. The Hall–Kier alpha value is -4.68. The van der Waals surface area contributed by atoms with Crippen LogP contribution in [0, 0.1) is 18.3 Å². The van der Waals surface area contributed by atoms with E-state index in [1.54, 1.807) is 0 Å². The van der Waals surface area contributed by atoms with Gasteiger partial charge in [0.25, 0.3) is 5.82 Å². The number of nitriles is 1. The second-order valence-corrected chi connectivity index (χ2v) is 11.7. The van der Waals surface area contributed by atoms with Crippen molar-refractivity contribution in [2.75, 3.05) is 0 Å². The highest BCUT2D eigenvalue weighted by atomic mass is 15.2. The van der Waals surface area contributed by atoms with Crippen molar-refractivity contribution in [3.05, 3.63) is 119 Å². The molecule has 6 aromatic rings. The predicted molar refractivity (Wildman–Crippen MR) is 170 cm³/mol. The lowest BCUT2D eigenvalue weighted by Crippen LogP contribution is -2.30. The van der Waals surface area contributed by atoms with Crippen molar-refractivity contribution < 1.29 is 4.57 Å². The Morgan fingerprint density at radius 1 is 0.732 bits per heavy atom. The number of aromatic nitrogens is 2. The van der Waals surface area contributed by atoms with Crippen LogP contribution in [0.4, 0.5) is 0 Å². The van der Waals surface area contributed by atoms with Gasteiger partial charge in [-0.2, -0.15) is 9.83 Å². The molecule has 0 amide bonds. The summed E-state index contributed by atoms with van der Waals surface area (Å²) in [6, 6.07) is 37.0. The Balaban J connectivity index is 1.79. The fraction of sp³-hybridized carbons (Fsp3) is 0.211. The van der Waals surface area contributed by atoms with E-state index in [1.165, 1.54) is 49.8 Å². The normalized spacial score (nSPS) is 11.6. The molecule has 6 rings (SSSR count). The summed E-state index contributed by atoms with van der Waals surface area (Å²) in [5.74, 6) is 1.70. The van der Waals surface area contributed by atoms with Gasteiger partial charge in [0.05, 0.1) is 24.2 Å². The molecular weight excluding hydrogens is 498 g/mol. The number of imidazole rings is 1. The summed E-state index contributed by atoms with van der Waals surface area (Å²) in [5.41, 5.74) is 11.5. The molecule has 0 bridgehead atoms. The first-order valence-corrected chi connectivity index (χ1v) is 14.5. The lowest BCUT2D eigenvalue weighted by molar-refractivity contribution is -0.633. The zero-order chi connectivity index (χ0) is 28.8. The van der Waals surface area contributed by atoms with Crippen LogP contribution in [0.5, 0.6) is 0 Å². The number of hydrogen-bond acceptors (Lipinski definition) is 1. The van der Waals surface area contributed by atoms with E-state index in [9.17, 15) is 5.26 Å². The first-order valence-electron chi connectivity index (χ1n) is 14.5. The van der Waals surface area contributed by atoms with Crippen molar-refractivity contribution in [3.63, 3.8) is 0 Å². The lowest BCUT2D eigenvalue weighted by Gasteiger charge is -2.21. The molecular formula is C38H36N3+. The highest BCUT2D eigenvalue weighted by Gasteiger charge is 2.32. The van der Waals surface area contributed by atoms with Crippen molar-refractivity contribution in [1.29, 1.82) is 5.26 Å². The Kier molecular flexibility index (Phi) is 6.72. The number of fused-ring (bicyclic) bond motifs is 2. The van der Waals surface area contributed by atoms with Gasteiger partial charge >= 0.3 is 0 Å². The van der Waals surface area contributed by atoms with E-state index in [1.807, 2.05) is 6.07 Å². The van der Waals surface area contributed by atoms with E-state index >= 15 is 0 Å². The molecule has 0 atom stereocenters. The topological polar surface area (TPSA) is 32.6 Å². The van der Waals surface area contributed by atoms with Crippen LogP contribution in [0.2, 0.25) is 0 Å². The molecule has 0 saturated carbocycles. The van der Waals surface area contributed by atoms with E-state index in [0.717, 1.165) is 16.9 Å². The molecule has 5 aromatic carbocycles. The predicted octanol–water partition coefficient (Wildman–Crippen LogP) is 9.37. The maximum absolute atomic E-state index is 9.90. The number of rotatable bonds is 5. The van der Waals surface area contributed by atoms with Gasteiger partial charge in [0.2, 0.25) is 0 Å². The summed E-state index contributed by atoms with van der Waals surface area (Å²) in [6.45, 7) is 11.4. The molecule has 0 radical (unpaired) electrons. The van der Waals surface area contributed by atoms with Crippen molar-refractivity contribution in [2.24, 2.45) is 7.05 Å². The molecule has 0 fully saturated rings. The fourth-order valence-electron chi connectivity index (χ4n) is 6.25. The minimum Gasteiger partial charge on any atom is -0.225 e. The lowest BCUT2D eigenvalue weighted by atomic mass is 9.88. The number of hydrogen-bond donors (Lipinski definition) is 0. The second kappa shape index (κ2) is 10.4. The fourth-order valence-corrected chi connectivity index (χ4v) is 6.25. The summed E-state index contributed by atoms with van der Waals surface area (Å²) in [5, 5.41) is 12.4. The van der Waals surface area contributed by atoms with E-state index < -0.39 is 0 Å². The van der Waals surface area contributed by atoms with Crippen LogP contribution in [0.3, 0.4) is 0 Å². The molecule has 0 unspecified atom stereocenters. The van der Waals surface area contributed by atoms with Crippen molar-refractivity contribution in [2.45, 2.75) is 46.5 Å². The zero-order valence-electron chi connectivity index (χ0n) is 24.7. The first-order chi connectivity index (χ1) is 19.8. The smallest absolute Gasteiger partial charge is 0.225 e. The molecule has 1 aromatic heterocycles. The van der Waals surface area contributed by atoms with Crippen LogP contribution >= 0.6 is 0 Å². The summed E-state index contributed by atoms with van der Waals surface area (Å²) in [4.78, 5) is 0. The highest BCUT2D eigenvalue weighted by Crippen LogP contribution is 2.40. The van der Waals surface area contributed by atoms with Crippen LogP contribution in [-0.4, -0.2) is 4.57 Å². The first kappa shape index (κ1) is 26.5. The standard InChI is InChI=1S/C38H36N3/c1-24(2)33-21-30(28-12-8-7-9-13-28)22-34(25(3)4)37(33)41-36-20-27(23-39)16-19-35(36)40(6)38(41)32-18-17-29-14-10-11-15-31(29)26(32)5/h7-22,24-25H,1-6H3/q+1. The Morgan fingerprint density at radius 2 is 1.39 bits per heavy atom.